The molecule has 0 aliphatic heterocycles. The molecule has 2 unspecified atom stereocenters. The molecular weight excluding hydrogens is 368 g/mol. The number of amides is 2. The van der Waals surface area contributed by atoms with E-state index in [1.807, 2.05) is 64.1 Å². The van der Waals surface area contributed by atoms with Gasteiger partial charge in [0.05, 0.1) is 6.04 Å². The highest BCUT2D eigenvalue weighted by Crippen LogP contribution is 2.19. The van der Waals surface area contributed by atoms with Crippen LogP contribution in [-0.2, 0) is 16.6 Å². The number of benzene rings is 2. The van der Waals surface area contributed by atoms with Gasteiger partial charge in [0, 0.05) is 32.0 Å². The number of nitrogens with one attached hydrogen (secondary N) is 2. The Balaban J connectivity index is 1.97. The summed E-state index contributed by atoms with van der Waals surface area (Å²) in [7, 11) is -0.984. The molecule has 6 heteroatoms. The molecule has 2 aromatic carbocycles. The Hall–Kier alpha value is -1.85. The molecule has 0 radical (unpaired) electrons. The van der Waals surface area contributed by atoms with Crippen molar-refractivity contribution in [2.75, 3.05) is 5.32 Å². The molecule has 2 rings (SSSR count). The second-order valence-corrected chi connectivity index (χ2v) is 9.82. The summed E-state index contributed by atoms with van der Waals surface area (Å²) in [6, 6.07) is 14.4. The lowest BCUT2D eigenvalue weighted by Crippen LogP contribution is -2.31. The first kappa shape index (κ1) is 20.5. The average Bonchev–Trinajstić information content (AvgIpc) is 2.54. The van der Waals surface area contributed by atoms with Crippen LogP contribution in [0.4, 0.5) is 10.5 Å². The molecule has 0 bridgehead atoms. The van der Waals surface area contributed by atoms with E-state index in [1.165, 1.54) is 0 Å². The van der Waals surface area contributed by atoms with Gasteiger partial charge in [-0.3, -0.25) is 4.21 Å². The first-order valence-corrected chi connectivity index (χ1v) is 10.2. The van der Waals surface area contributed by atoms with Crippen molar-refractivity contribution in [3.63, 3.8) is 0 Å². The number of urea groups is 1. The van der Waals surface area contributed by atoms with E-state index in [0.29, 0.717) is 16.5 Å². The Labute approximate surface area is 162 Å². The minimum atomic E-state index is -0.984. The highest BCUT2D eigenvalue weighted by molar-refractivity contribution is 7.85. The van der Waals surface area contributed by atoms with Crippen LogP contribution in [0.3, 0.4) is 0 Å². The predicted octanol–water partition coefficient (Wildman–Crippen LogP) is 5.27. The third-order valence-electron chi connectivity index (χ3n) is 3.88. The molecule has 2 atom stereocenters. The molecule has 26 heavy (non-hydrogen) atoms. The maximum absolute atomic E-state index is 12.3. The van der Waals surface area contributed by atoms with Crippen molar-refractivity contribution in [3.8, 4) is 0 Å². The topological polar surface area (TPSA) is 58.2 Å². The predicted molar refractivity (Wildman–Crippen MR) is 110 cm³/mol. The lowest BCUT2D eigenvalue weighted by atomic mass is 10.1. The fourth-order valence-corrected chi connectivity index (χ4v) is 3.35. The normalized spacial score (nSPS) is 13.7. The van der Waals surface area contributed by atoms with Crippen LogP contribution in [-0.4, -0.2) is 15.0 Å². The molecule has 0 spiro atoms. The quantitative estimate of drug-likeness (QED) is 0.728. The van der Waals surface area contributed by atoms with Crippen molar-refractivity contribution >= 4 is 34.1 Å². The number of rotatable bonds is 5. The van der Waals surface area contributed by atoms with Gasteiger partial charge in [0.25, 0.3) is 0 Å². The van der Waals surface area contributed by atoms with Crippen LogP contribution in [0, 0.1) is 0 Å². The molecule has 0 saturated carbocycles. The van der Waals surface area contributed by atoms with Gasteiger partial charge in [0.2, 0.25) is 0 Å². The fourth-order valence-electron chi connectivity index (χ4n) is 2.31. The SMILES string of the molecule is CC(NC(=O)Nc1cccc(CS(=O)C(C)(C)C)c1)c1ccc(Cl)cc1. The van der Waals surface area contributed by atoms with Crippen molar-refractivity contribution in [1.82, 2.24) is 5.32 Å². The number of hydrogen-bond donors (Lipinski definition) is 2. The zero-order valence-corrected chi connectivity index (χ0v) is 17.1. The van der Waals surface area contributed by atoms with Crippen LogP contribution in [0.1, 0.15) is 44.9 Å². The maximum Gasteiger partial charge on any atom is 0.319 e. The first-order valence-electron chi connectivity index (χ1n) is 8.45. The van der Waals surface area contributed by atoms with Gasteiger partial charge in [-0.25, -0.2) is 4.79 Å². The average molecular weight is 393 g/mol. The van der Waals surface area contributed by atoms with Gasteiger partial charge < -0.3 is 10.6 Å². The van der Waals surface area contributed by atoms with Crippen molar-refractivity contribution in [1.29, 1.82) is 0 Å². The van der Waals surface area contributed by atoms with Gasteiger partial charge in [0.1, 0.15) is 0 Å². The van der Waals surface area contributed by atoms with Crippen molar-refractivity contribution in [2.45, 2.75) is 44.2 Å². The minimum absolute atomic E-state index is 0.149. The first-order chi connectivity index (χ1) is 12.1. The van der Waals surface area contributed by atoms with E-state index in [4.69, 9.17) is 11.6 Å². The van der Waals surface area contributed by atoms with E-state index in [0.717, 1.165) is 11.1 Å². The third kappa shape index (κ3) is 6.15. The van der Waals surface area contributed by atoms with Gasteiger partial charge >= 0.3 is 6.03 Å². The summed E-state index contributed by atoms with van der Waals surface area (Å²) in [5.41, 5.74) is 2.58. The van der Waals surface area contributed by atoms with E-state index in [1.54, 1.807) is 12.1 Å². The Bertz CT molecular complexity index is 785. The minimum Gasteiger partial charge on any atom is -0.331 e. The lowest BCUT2D eigenvalue weighted by molar-refractivity contribution is 0.249. The van der Waals surface area contributed by atoms with Crippen molar-refractivity contribution in [2.24, 2.45) is 0 Å². The van der Waals surface area contributed by atoms with Crippen LogP contribution < -0.4 is 10.6 Å². The zero-order valence-electron chi connectivity index (χ0n) is 15.5. The van der Waals surface area contributed by atoms with Gasteiger partial charge in [-0.1, -0.05) is 35.9 Å². The van der Waals surface area contributed by atoms with Crippen LogP contribution in [0.5, 0.6) is 0 Å². The Kier molecular flexibility index (Phi) is 6.84. The molecule has 140 valence electrons. The smallest absolute Gasteiger partial charge is 0.319 e. The summed E-state index contributed by atoms with van der Waals surface area (Å²) in [5, 5.41) is 6.39. The molecule has 4 nitrogen and oxygen atoms in total. The molecule has 0 fully saturated rings. The highest BCUT2D eigenvalue weighted by Gasteiger charge is 2.19. The Morgan fingerprint density at radius 1 is 1.15 bits per heavy atom. The summed E-state index contributed by atoms with van der Waals surface area (Å²) in [6.45, 7) is 7.77. The molecule has 0 aromatic heterocycles. The van der Waals surface area contributed by atoms with Crippen molar-refractivity contribution in [3.05, 3.63) is 64.7 Å². The summed E-state index contributed by atoms with van der Waals surface area (Å²) in [5.74, 6) is 0.460. The van der Waals surface area contributed by atoms with Gasteiger partial charge in [0.15, 0.2) is 0 Å². The van der Waals surface area contributed by atoms with Gasteiger partial charge in [-0.2, -0.15) is 0 Å². The maximum atomic E-state index is 12.3. The van der Waals surface area contributed by atoms with E-state index >= 15 is 0 Å². The number of carbonyl (C=O) groups excluding carboxylic acids is 1. The standard InChI is InChI=1S/C20H25ClN2O2S/c1-14(16-8-10-17(21)11-9-16)22-19(24)23-18-7-5-6-15(12-18)13-26(25)20(2,3)4/h5-12,14H,13H2,1-4H3,(H2,22,23,24). The number of anilines is 1. The van der Waals surface area contributed by atoms with Gasteiger partial charge in [-0.05, 0) is 63.1 Å². The van der Waals surface area contributed by atoms with E-state index in [-0.39, 0.29) is 16.8 Å². The van der Waals surface area contributed by atoms with Crippen LogP contribution in [0.2, 0.25) is 5.02 Å². The van der Waals surface area contributed by atoms with E-state index < -0.39 is 10.8 Å². The molecule has 0 heterocycles. The molecule has 2 amide bonds. The fraction of sp³-hybridized carbons (Fsp3) is 0.350. The van der Waals surface area contributed by atoms with Crippen LogP contribution in [0.25, 0.3) is 0 Å². The highest BCUT2D eigenvalue weighted by atomic mass is 35.5. The zero-order chi connectivity index (χ0) is 19.3. The summed E-state index contributed by atoms with van der Waals surface area (Å²) in [4.78, 5) is 12.2. The summed E-state index contributed by atoms with van der Waals surface area (Å²) in [6.07, 6.45) is 0. The molecule has 2 N–H and O–H groups in total. The summed E-state index contributed by atoms with van der Waals surface area (Å²) >= 11 is 5.89. The van der Waals surface area contributed by atoms with Gasteiger partial charge in [-0.15, -0.1) is 0 Å². The Morgan fingerprint density at radius 2 is 1.81 bits per heavy atom. The largest absolute Gasteiger partial charge is 0.331 e. The van der Waals surface area contributed by atoms with Crippen LogP contribution in [0.15, 0.2) is 48.5 Å². The molecule has 0 saturated heterocycles. The van der Waals surface area contributed by atoms with E-state index in [2.05, 4.69) is 10.6 Å². The van der Waals surface area contributed by atoms with Crippen LogP contribution >= 0.6 is 11.6 Å². The second-order valence-electron chi connectivity index (χ2n) is 7.17. The van der Waals surface area contributed by atoms with E-state index in [9.17, 15) is 9.00 Å². The monoisotopic (exact) mass is 392 g/mol. The molecular formula is C20H25ClN2O2S. The third-order valence-corrected chi connectivity index (χ3v) is 6.10. The molecule has 0 aliphatic carbocycles. The Morgan fingerprint density at radius 3 is 2.42 bits per heavy atom. The molecule has 0 aliphatic rings. The molecule has 2 aromatic rings. The second kappa shape index (κ2) is 8.69. The number of halogens is 1. The number of hydrogen-bond acceptors (Lipinski definition) is 2. The summed E-state index contributed by atoms with van der Waals surface area (Å²) < 4.78 is 12.0. The lowest BCUT2D eigenvalue weighted by Gasteiger charge is -2.18. The van der Waals surface area contributed by atoms with Crippen molar-refractivity contribution < 1.29 is 9.00 Å². The number of carbonyl (C=O) groups is 1.